The molecule has 0 spiro atoms. The number of carbonyl (C=O) groups is 2. The molecule has 0 fully saturated rings. The Morgan fingerprint density at radius 1 is 1.22 bits per heavy atom. The Kier molecular flexibility index (Phi) is 2.76. The normalized spacial score (nSPS) is 22.1. The first-order chi connectivity index (χ1) is 8.75. The third-order valence-electron chi connectivity index (χ3n) is 2.91. The Labute approximate surface area is 108 Å². The van der Waals surface area contributed by atoms with Crippen LogP contribution in [0.4, 0.5) is 0 Å². The summed E-state index contributed by atoms with van der Waals surface area (Å²) in [6, 6.07) is 9.52. The second-order valence-electron chi connectivity index (χ2n) is 4.09. The number of amidine groups is 1. The van der Waals surface area contributed by atoms with E-state index in [4.69, 9.17) is 0 Å². The van der Waals surface area contributed by atoms with Gasteiger partial charge in [0.25, 0.3) is 5.91 Å². The topological polar surface area (TPSA) is 49.7 Å². The lowest BCUT2D eigenvalue weighted by Gasteiger charge is -2.24. The number of carbonyl (C=O) groups excluding carboxylic acids is 2. The maximum Gasteiger partial charge on any atom is 0.261 e. The third kappa shape index (κ3) is 1.86. The average molecular weight is 258 g/mol. The Morgan fingerprint density at radius 2 is 2.00 bits per heavy atom. The second-order valence-corrected chi connectivity index (χ2v) is 4.96. The quantitative estimate of drug-likeness (QED) is 0.760. The van der Waals surface area contributed by atoms with Crippen molar-refractivity contribution in [2.45, 2.75) is 6.42 Å². The summed E-state index contributed by atoms with van der Waals surface area (Å²) >= 11 is 1.30. The van der Waals surface area contributed by atoms with E-state index in [1.54, 1.807) is 11.6 Å². The van der Waals surface area contributed by atoms with Crippen LogP contribution in [0.2, 0.25) is 0 Å². The molecule has 0 bridgehead atoms. The molecule has 2 heterocycles. The minimum absolute atomic E-state index is 0.185. The SMILES string of the molecule is O=C1N=C2SC=CN2C(=O)C1Cc1ccccc1. The highest BCUT2D eigenvalue weighted by Gasteiger charge is 2.38. The lowest BCUT2D eigenvalue weighted by Crippen LogP contribution is -2.42. The van der Waals surface area contributed by atoms with Gasteiger partial charge >= 0.3 is 0 Å². The van der Waals surface area contributed by atoms with E-state index in [9.17, 15) is 9.59 Å². The maximum atomic E-state index is 12.2. The summed E-state index contributed by atoms with van der Waals surface area (Å²) in [6.07, 6.45) is 2.07. The summed E-state index contributed by atoms with van der Waals surface area (Å²) in [7, 11) is 0. The van der Waals surface area contributed by atoms with Crippen molar-refractivity contribution in [3.63, 3.8) is 0 Å². The molecule has 0 N–H and O–H groups in total. The van der Waals surface area contributed by atoms with Crippen LogP contribution in [0.15, 0.2) is 46.9 Å². The van der Waals surface area contributed by atoms with Gasteiger partial charge in [0.2, 0.25) is 5.91 Å². The highest BCUT2D eigenvalue weighted by atomic mass is 32.2. The van der Waals surface area contributed by atoms with Crippen LogP contribution in [0, 0.1) is 5.92 Å². The molecule has 1 unspecified atom stereocenters. The smallest absolute Gasteiger partial charge is 0.261 e. The Balaban J connectivity index is 1.87. The fourth-order valence-corrected chi connectivity index (χ4v) is 2.70. The number of aliphatic imine (C=N–C) groups is 1. The summed E-state index contributed by atoms with van der Waals surface area (Å²) in [5, 5.41) is 2.23. The molecule has 18 heavy (non-hydrogen) atoms. The standard InChI is InChI=1S/C13H10N2O2S/c16-11-10(8-9-4-2-1-3-5-9)12(17)15-6-7-18-13(15)14-11/h1-7,10H,8H2. The largest absolute Gasteiger partial charge is 0.273 e. The van der Waals surface area contributed by atoms with Crippen LogP contribution in [0.5, 0.6) is 0 Å². The van der Waals surface area contributed by atoms with Gasteiger partial charge in [0.05, 0.1) is 0 Å². The van der Waals surface area contributed by atoms with Crippen molar-refractivity contribution >= 4 is 28.7 Å². The van der Waals surface area contributed by atoms with Crippen molar-refractivity contribution in [2.75, 3.05) is 0 Å². The Hall–Kier alpha value is -1.88. The lowest BCUT2D eigenvalue weighted by molar-refractivity contribution is -0.137. The molecule has 1 aromatic rings. The number of hydrogen-bond donors (Lipinski definition) is 0. The number of benzene rings is 1. The van der Waals surface area contributed by atoms with Gasteiger partial charge in [-0.2, -0.15) is 4.99 Å². The van der Waals surface area contributed by atoms with E-state index in [0.29, 0.717) is 11.6 Å². The van der Waals surface area contributed by atoms with E-state index in [1.165, 1.54) is 16.7 Å². The fraction of sp³-hybridized carbons (Fsp3) is 0.154. The number of amides is 2. The molecule has 0 saturated carbocycles. The van der Waals surface area contributed by atoms with Crippen molar-refractivity contribution in [1.82, 2.24) is 4.90 Å². The van der Waals surface area contributed by atoms with Crippen LogP contribution < -0.4 is 0 Å². The molecule has 1 aromatic carbocycles. The summed E-state index contributed by atoms with van der Waals surface area (Å²) in [5.41, 5.74) is 0.971. The molecular weight excluding hydrogens is 248 g/mol. The number of nitrogens with zero attached hydrogens (tertiary/aromatic N) is 2. The monoisotopic (exact) mass is 258 g/mol. The van der Waals surface area contributed by atoms with Crippen LogP contribution in [0.25, 0.3) is 0 Å². The minimum atomic E-state index is -0.695. The molecule has 2 amide bonds. The summed E-state index contributed by atoms with van der Waals surface area (Å²) in [5.74, 6) is -1.22. The third-order valence-corrected chi connectivity index (χ3v) is 3.67. The number of thioether (sulfide) groups is 1. The highest BCUT2D eigenvalue weighted by Crippen LogP contribution is 2.27. The molecule has 4 nitrogen and oxygen atoms in total. The fourth-order valence-electron chi connectivity index (χ4n) is 1.99. The molecule has 1 atom stereocenters. The van der Waals surface area contributed by atoms with Gasteiger partial charge in [-0.3, -0.25) is 14.5 Å². The van der Waals surface area contributed by atoms with Gasteiger partial charge in [-0.05, 0) is 17.4 Å². The van der Waals surface area contributed by atoms with Gasteiger partial charge in [0.1, 0.15) is 5.92 Å². The number of rotatable bonds is 2. The van der Waals surface area contributed by atoms with Gasteiger partial charge in [-0.15, -0.1) is 0 Å². The maximum absolute atomic E-state index is 12.2. The van der Waals surface area contributed by atoms with Crippen molar-refractivity contribution in [1.29, 1.82) is 0 Å². The van der Waals surface area contributed by atoms with E-state index in [0.717, 1.165) is 5.56 Å². The lowest BCUT2D eigenvalue weighted by atomic mass is 9.96. The molecule has 0 aromatic heterocycles. The first-order valence-electron chi connectivity index (χ1n) is 5.58. The van der Waals surface area contributed by atoms with Crippen LogP contribution >= 0.6 is 11.8 Å². The number of fused-ring (bicyclic) bond motifs is 1. The molecule has 90 valence electrons. The average Bonchev–Trinajstić information content (AvgIpc) is 2.84. The van der Waals surface area contributed by atoms with Gasteiger partial charge < -0.3 is 0 Å². The molecule has 2 aliphatic heterocycles. The van der Waals surface area contributed by atoms with Crippen molar-refractivity contribution < 1.29 is 9.59 Å². The summed E-state index contributed by atoms with van der Waals surface area (Å²) < 4.78 is 0. The van der Waals surface area contributed by atoms with Gasteiger partial charge in [-0.1, -0.05) is 42.1 Å². The molecule has 5 heteroatoms. The van der Waals surface area contributed by atoms with Crippen LogP contribution in [-0.2, 0) is 16.0 Å². The van der Waals surface area contributed by atoms with Crippen LogP contribution in [-0.4, -0.2) is 21.9 Å². The minimum Gasteiger partial charge on any atom is -0.273 e. The predicted octanol–water partition coefficient (Wildman–Crippen LogP) is 1.79. The molecular formula is C13H10N2O2S. The van der Waals surface area contributed by atoms with E-state index in [1.807, 2.05) is 30.3 Å². The Bertz CT molecular complexity index is 566. The van der Waals surface area contributed by atoms with Crippen LogP contribution in [0.1, 0.15) is 5.56 Å². The van der Waals surface area contributed by atoms with E-state index < -0.39 is 5.92 Å². The zero-order valence-corrected chi connectivity index (χ0v) is 10.3. The van der Waals surface area contributed by atoms with Crippen molar-refractivity contribution in [2.24, 2.45) is 10.9 Å². The van der Waals surface area contributed by atoms with Crippen molar-refractivity contribution in [3.05, 3.63) is 47.5 Å². The van der Waals surface area contributed by atoms with E-state index in [2.05, 4.69) is 4.99 Å². The van der Waals surface area contributed by atoms with Gasteiger partial charge in [-0.25, -0.2) is 0 Å². The molecule has 0 saturated heterocycles. The predicted molar refractivity (Wildman–Crippen MR) is 69.7 cm³/mol. The zero-order chi connectivity index (χ0) is 12.5. The Morgan fingerprint density at radius 3 is 2.78 bits per heavy atom. The first-order valence-corrected chi connectivity index (χ1v) is 6.46. The summed E-state index contributed by atoms with van der Waals surface area (Å²) in [4.78, 5) is 29.5. The van der Waals surface area contributed by atoms with Gasteiger partial charge in [0.15, 0.2) is 5.17 Å². The second kappa shape index (κ2) is 4.42. The van der Waals surface area contributed by atoms with E-state index in [-0.39, 0.29) is 11.8 Å². The van der Waals surface area contributed by atoms with Gasteiger partial charge in [0, 0.05) is 6.20 Å². The molecule has 0 radical (unpaired) electrons. The molecule has 3 rings (SSSR count). The van der Waals surface area contributed by atoms with Crippen LogP contribution in [0.3, 0.4) is 0 Å². The van der Waals surface area contributed by atoms with E-state index >= 15 is 0 Å². The highest BCUT2D eigenvalue weighted by molar-refractivity contribution is 8.16. The zero-order valence-electron chi connectivity index (χ0n) is 9.45. The first kappa shape index (κ1) is 11.2. The van der Waals surface area contributed by atoms with Crippen molar-refractivity contribution in [3.8, 4) is 0 Å². The molecule has 2 aliphatic rings. The molecule has 0 aliphatic carbocycles. The number of hydrogen-bond acceptors (Lipinski definition) is 3. The summed E-state index contributed by atoms with van der Waals surface area (Å²) in [6.45, 7) is 0.